The molecule has 0 atom stereocenters. The molecule has 0 aromatic heterocycles. The second-order valence-corrected chi connectivity index (χ2v) is 5.01. The molecule has 0 heterocycles. The van der Waals surface area contributed by atoms with Crippen LogP contribution in [0.4, 0.5) is 4.39 Å². The maximum absolute atomic E-state index is 13.8. The average Bonchev–Trinajstić information content (AvgIpc) is 2.35. The lowest BCUT2D eigenvalue weighted by Gasteiger charge is -2.25. The van der Waals surface area contributed by atoms with Crippen molar-refractivity contribution in [2.24, 2.45) is 5.92 Å². The highest BCUT2D eigenvalue weighted by molar-refractivity contribution is 5.34. The first-order valence-electron chi connectivity index (χ1n) is 6.91. The Morgan fingerprint density at radius 2 is 2.21 bits per heavy atom. The summed E-state index contributed by atoms with van der Waals surface area (Å²) in [7, 11) is 1.66. The van der Waals surface area contributed by atoms with Crippen LogP contribution in [0.1, 0.15) is 24.8 Å². The van der Waals surface area contributed by atoms with E-state index in [0.717, 1.165) is 12.1 Å². The zero-order valence-electron chi connectivity index (χ0n) is 11.5. The largest absolute Gasteiger partial charge is 0.490 e. The van der Waals surface area contributed by atoms with Gasteiger partial charge in [-0.1, -0.05) is 18.6 Å². The number of hydrogen-bond acceptors (Lipinski definition) is 3. The molecule has 1 aliphatic rings. The fourth-order valence-corrected chi connectivity index (χ4v) is 2.11. The number of nitrogens with one attached hydrogen (secondary N) is 1. The quantitative estimate of drug-likeness (QED) is 0.735. The van der Waals surface area contributed by atoms with Crippen LogP contribution < -0.4 is 10.1 Å². The van der Waals surface area contributed by atoms with E-state index in [-0.39, 0.29) is 5.82 Å². The van der Waals surface area contributed by atoms with Gasteiger partial charge in [0.25, 0.3) is 0 Å². The molecule has 0 aliphatic heterocycles. The maximum atomic E-state index is 13.8. The molecule has 0 saturated heterocycles. The SMILES string of the molecule is COCCNCc1cccc(F)c1OCC1CCC1. The van der Waals surface area contributed by atoms with Gasteiger partial charge in [-0.2, -0.15) is 0 Å². The Morgan fingerprint density at radius 1 is 1.37 bits per heavy atom. The lowest BCUT2D eigenvalue weighted by Crippen LogP contribution is -2.22. The second-order valence-electron chi connectivity index (χ2n) is 5.01. The van der Waals surface area contributed by atoms with E-state index in [0.29, 0.717) is 31.4 Å². The lowest BCUT2D eigenvalue weighted by molar-refractivity contribution is 0.173. The van der Waals surface area contributed by atoms with E-state index >= 15 is 0 Å². The van der Waals surface area contributed by atoms with Crippen molar-refractivity contribution in [2.45, 2.75) is 25.8 Å². The van der Waals surface area contributed by atoms with Crippen LogP contribution in [0.2, 0.25) is 0 Å². The average molecular weight is 267 g/mol. The molecule has 0 radical (unpaired) electrons. The topological polar surface area (TPSA) is 30.5 Å². The molecule has 0 spiro atoms. The summed E-state index contributed by atoms with van der Waals surface area (Å²) in [5, 5.41) is 3.21. The Balaban J connectivity index is 1.90. The van der Waals surface area contributed by atoms with Crippen LogP contribution in [0.15, 0.2) is 18.2 Å². The molecule has 2 rings (SSSR count). The van der Waals surface area contributed by atoms with E-state index in [1.807, 2.05) is 6.07 Å². The number of hydrogen-bond donors (Lipinski definition) is 1. The molecule has 106 valence electrons. The van der Waals surface area contributed by atoms with Gasteiger partial charge >= 0.3 is 0 Å². The predicted octanol–water partition coefficient (Wildman–Crippen LogP) is 2.74. The van der Waals surface area contributed by atoms with Crippen LogP contribution in [0.5, 0.6) is 5.75 Å². The summed E-state index contributed by atoms with van der Waals surface area (Å²) in [4.78, 5) is 0. The number of halogens is 1. The molecule has 0 bridgehead atoms. The summed E-state index contributed by atoms with van der Waals surface area (Å²) in [6.45, 7) is 2.62. The van der Waals surface area contributed by atoms with Gasteiger partial charge in [-0.25, -0.2) is 4.39 Å². The van der Waals surface area contributed by atoms with E-state index in [2.05, 4.69) is 5.32 Å². The molecule has 3 nitrogen and oxygen atoms in total. The van der Waals surface area contributed by atoms with Gasteiger partial charge < -0.3 is 14.8 Å². The molecule has 1 aliphatic carbocycles. The molecule has 1 saturated carbocycles. The number of ether oxygens (including phenoxy) is 2. The van der Waals surface area contributed by atoms with Gasteiger partial charge in [-0.05, 0) is 24.8 Å². The van der Waals surface area contributed by atoms with Gasteiger partial charge in [-0.3, -0.25) is 0 Å². The second kappa shape index (κ2) is 7.46. The zero-order valence-corrected chi connectivity index (χ0v) is 11.5. The molecule has 1 fully saturated rings. The van der Waals surface area contributed by atoms with Crippen molar-refractivity contribution < 1.29 is 13.9 Å². The van der Waals surface area contributed by atoms with Crippen molar-refractivity contribution in [1.82, 2.24) is 5.32 Å². The molecule has 1 N–H and O–H groups in total. The fourth-order valence-electron chi connectivity index (χ4n) is 2.11. The van der Waals surface area contributed by atoms with Crippen LogP contribution in [0.3, 0.4) is 0 Å². The third-order valence-corrected chi connectivity index (χ3v) is 3.54. The van der Waals surface area contributed by atoms with Crippen molar-refractivity contribution in [1.29, 1.82) is 0 Å². The summed E-state index contributed by atoms with van der Waals surface area (Å²) >= 11 is 0. The van der Waals surface area contributed by atoms with Crippen molar-refractivity contribution in [3.63, 3.8) is 0 Å². The summed E-state index contributed by atoms with van der Waals surface area (Å²) < 4.78 is 24.5. The standard InChI is InChI=1S/C15H22FNO2/c1-18-9-8-17-10-13-6-3-7-14(16)15(13)19-11-12-4-2-5-12/h3,6-7,12,17H,2,4-5,8-11H2,1H3. The van der Waals surface area contributed by atoms with Crippen molar-refractivity contribution >= 4 is 0 Å². The van der Waals surface area contributed by atoms with Crippen LogP contribution in [0, 0.1) is 11.7 Å². The third kappa shape index (κ3) is 4.18. The highest BCUT2D eigenvalue weighted by Gasteiger charge is 2.19. The molecule has 1 aromatic carbocycles. The first kappa shape index (κ1) is 14.3. The van der Waals surface area contributed by atoms with E-state index in [9.17, 15) is 4.39 Å². The number of methoxy groups -OCH3 is 1. The maximum Gasteiger partial charge on any atom is 0.165 e. The van der Waals surface area contributed by atoms with Crippen LogP contribution in [0.25, 0.3) is 0 Å². The first-order chi connectivity index (χ1) is 9.31. The van der Waals surface area contributed by atoms with Crippen LogP contribution >= 0.6 is 0 Å². The fraction of sp³-hybridized carbons (Fsp3) is 0.600. The van der Waals surface area contributed by atoms with E-state index in [4.69, 9.17) is 9.47 Å². The Kier molecular flexibility index (Phi) is 5.61. The van der Waals surface area contributed by atoms with E-state index in [1.165, 1.54) is 25.3 Å². The molecular formula is C15H22FNO2. The summed E-state index contributed by atoms with van der Waals surface area (Å²) in [5.41, 5.74) is 0.871. The van der Waals surface area contributed by atoms with Gasteiger partial charge in [0.05, 0.1) is 13.2 Å². The minimum absolute atomic E-state index is 0.273. The lowest BCUT2D eigenvalue weighted by atomic mass is 9.86. The van der Waals surface area contributed by atoms with E-state index < -0.39 is 0 Å². The highest BCUT2D eigenvalue weighted by Crippen LogP contribution is 2.29. The Bertz CT molecular complexity index is 394. The van der Waals surface area contributed by atoms with Crippen LogP contribution in [-0.2, 0) is 11.3 Å². The van der Waals surface area contributed by atoms with Gasteiger partial charge in [0.15, 0.2) is 11.6 Å². The molecular weight excluding hydrogens is 245 g/mol. The van der Waals surface area contributed by atoms with Gasteiger partial charge in [0, 0.05) is 25.8 Å². The minimum Gasteiger partial charge on any atom is -0.490 e. The van der Waals surface area contributed by atoms with Crippen LogP contribution in [-0.4, -0.2) is 26.9 Å². The first-order valence-corrected chi connectivity index (χ1v) is 6.91. The van der Waals surface area contributed by atoms with Gasteiger partial charge in [-0.15, -0.1) is 0 Å². The Morgan fingerprint density at radius 3 is 2.89 bits per heavy atom. The molecule has 0 amide bonds. The number of benzene rings is 1. The Labute approximate surface area is 114 Å². The van der Waals surface area contributed by atoms with Crippen molar-refractivity contribution in [3.8, 4) is 5.75 Å². The van der Waals surface area contributed by atoms with Crippen molar-refractivity contribution in [2.75, 3.05) is 26.9 Å². The zero-order chi connectivity index (χ0) is 13.5. The summed E-state index contributed by atoms with van der Waals surface area (Å²) in [6, 6.07) is 5.08. The monoisotopic (exact) mass is 267 g/mol. The van der Waals surface area contributed by atoms with Gasteiger partial charge in [0.1, 0.15) is 0 Å². The summed E-state index contributed by atoms with van der Waals surface area (Å²) in [5.74, 6) is 0.735. The number of rotatable bonds is 8. The van der Waals surface area contributed by atoms with Gasteiger partial charge in [0.2, 0.25) is 0 Å². The minimum atomic E-state index is -0.273. The molecule has 4 heteroatoms. The molecule has 19 heavy (non-hydrogen) atoms. The third-order valence-electron chi connectivity index (χ3n) is 3.54. The van der Waals surface area contributed by atoms with Crippen molar-refractivity contribution in [3.05, 3.63) is 29.6 Å². The molecule has 0 unspecified atom stereocenters. The number of para-hydroxylation sites is 1. The smallest absolute Gasteiger partial charge is 0.165 e. The Hall–Kier alpha value is -1.13. The predicted molar refractivity (Wildman–Crippen MR) is 72.8 cm³/mol. The normalized spacial score (nSPS) is 15.3. The summed E-state index contributed by atoms with van der Waals surface area (Å²) in [6.07, 6.45) is 3.68. The molecule has 1 aromatic rings. The highest BCUT2D eigenvalue weighted by atomic mass is 19.1. The van der Waals surface area contributed by atoms with E-state index in [1.54, 1.807) is 13.2 Å².